The summed E-state index contributed by atoms with van der Waals surface area (Å²) >= 11 is 1.34. The largest absolute Gasteiger partial charge is 0.481 e. The number of nitrogens with zero attached hydrogens (tertiary/aromatic N) is 1. The van der Waals surface area contributed by atoms with Gasteiger partial charge >= 0.3 is 5.97 Å². The minimum absolute atomic E-state index is 0.0862. The van der Waals surface area contributed by atoms with Crippen molar-refractivity contribution in [3.63, 3.8) is 0 Å². The normalized spacial score (nSPS) is 11.8. The molecule has 2 aromatic heterocycles. The first-order valence-corrected chi connectivity index (χ1v) is 6.63. The number of aliphatic carboxylic acids is 1. The van der Waals surface area contributed by atoms with Gasteiger partial charge in [0.1, 0.15) is 5.69 Å². The standard InChI is InChI=1S/C13H11FN2O3S/c14-11-5-1-3-8(15-11)13(19)16-9(7-12(17)18)10-4-2-6-20-10/h1-6,9H,7H2,(H,16,19)(H,17,18). The maximum absolute atomic E-state index is 13.0. The molecule has 2 rings (SSSR count). The van der Waals surface area contributed by atoms with Gasteiger partial charge in [0.2, 0.25) is 5.95 Å². The summed E-state index contributed by atoms with van der Waals surface area (Å²) in [6, 6.07) is 6.70. The maximum Gasteiger partial charge on any atom is 0.305 e. The average molecular weight is 294 g/mol. The SMILES string of the molecule is O=C(O)CC(NC(=O)c1cccc(F)n1)c1cccs1. The van der Waals surface area contributed by atoms with E-state index in [1.807, 2.05) is 0 Å². The van der Waals surface area contributed by atoms with Gasteiger partial charge in [0, 0.05) is 4.88 Å². The molecule has 0 spiro atoms. The van der Waals surface area contributed by atoms with Crippen LogP contribution in [0.25, 0.3) is 0 Å². The molecule has 0 fully saturated rings. The van der Waals surface area contributed by atoms with E-state index in [-0.39, 0.29) is 12.1 Å². The van der Waals surface area contributed by atoms with Crippen LogP contribution < -0.4 is 5.32 Å². The van der Waals surface area contributed by atoms with Crippen LogP contribution in [-0.2, 0) is 4.79 Å². The molecule has 1 atom stereocenters. The van der Waals surface area contributed by atoms with Crippen molar-refractivity contribution in [1.82, 2.24) is 10.3 Å². The lowest BCUT2D eigenvalue weighted by atomic mass is 10.1. The van der Waals surface area contributed by atoms with E-state index in [1.165, 1.54) is 23.5 Å². The van der Waals surface area contributed by atoms with Crippen LogP contribution >= 0.6 is 11.3 Å². The number of aromatic nitrogens is 1. The molecule has 2 aromatic rings. The zero-order valence-electron chi connectivity index (χ0n) is 10.2. The number of carboxylic acid groups (broad SMARTS) is 1. The van der Waals surface area contributed by atoms with E-state index in [1.54, 1.807) is 17.5 Å². The fourth-order valence-corrected chi connectivity index (χ4v) is 2.43. The summed E-state index contributed by atoms with van der Waals surface area (Å²) in [4.78, 5) is 27.0. The van der Waals surface area contributed by atoms with Gasteiger partial charge in [-0.05, 0) is 23.6 Å². The number of nitrogens with one attached hydrogen (secondary N) is 1. The van der Waals surface area contributed by atoms with Crippen molar-refractivity contribution in [1.29, 1.82) is 0 Å². The number of carboxylic acids is 1. The second-order valence-corrected chi connectivity index (χ2v) is 4.96. The smallest absolute Gasteiger partial charge is 0.305 e. The molecule has 2 N–H and O–H groups in total. The predicted octanol–water partition coefficient (Wildman–Crippen LogP) is 2.23. The van der Waals surface area contributed by atoms with Crippen LogP contribution in [0.2, 0.25) is 0 Å². The summed E-state index contributed by atoms with van der Waals surface area (Å²) in [6.07, 6.45) is -0.248. The maximum atomic E-state index is 13.0. The summed E-state index contributed by atoms with van der Waals surface area (Å²) in [5, 5.41) is 13.2. The first kappa shape index (κ1) is 14.1. The van der Waals surface area contributed by atoms with Crippen LogP contribution in [0.5, 0.6) is 0 Å². The van der Waals surface area contributed by atoms with E-state index < -0.39 is 23.9 Å². The summed E-state index contributed by atoms with van der Waals surface area (Å²) in [6.45, 7) is 0. The van der Waals surface area contributed by atoms with E-state index >= 15 is 0 Å². The number of pyridine rings is 1. The lowest BCUT2D eigenvalue weighted by Crippen LogP contribution is -2.30. The fourth-order valence-electron chi connectivity index (χ4n) is 1.65. The van der Waals surface area contributed by atoms with Gasteiger partial charge in [-0.15, -0.1) is 11.3 Å². The highest BCUT2D eigenvalue weighted by Crippen LogP contribution is 2.22. The third-order valence-corrected chi connectivity index (χ3v) is 3.50. The minimum Gasteiger partial charge on any atom is -0.481 e. The van der Waals surface area contributed by atoms with E-state index in [4.69, 9.17) is 5.11 Å². The van der Waals surface area contributed by atoms with Crippen LogP contribution in [0.4, 0.5) is 4.39 Å². The molecule has 0 bridgehead atoms. The van der Waals surface area contributed by atoms with Crippen molar-refractivity contribution in [3.05, 3.63) is 52.2 Å². The zero-order valence-corrected chi connectivity index (χ0v) is 11.1. The molecule has 0 saturated carbocycles. The molecule has 1 amide bonds. The van der Waals surface area contributed by atoms with Crippen molar-refractivity contribution >= 4 is 23.2 Å². The topological polar surface area (TPSA) is 79.3 Å². The molecular formula is C13H11FN2O3S. The number of halogens is 1. The van der Waals surface area contributed by atoms with Gasteiger partial charge in [-0.1, -0.05) is 12.1 Å². The highest BCUT2D eigenvalue weighted by molar-refractivity contribution is 7.10. The zero-order chi connectivity index (χ0) is 14.5. The van der Waals surface area contributed by atoms with Crippen molar-refractivity contribution < 1.29 is 19.1 Å². The molecule has 0 aliphatic carbocycles. The van der Waals surface area contributed by atoms with E-state index in [9.17, 15) is 14.0 Å². The summed E-state index contributed by atoms with van der Waals surface area (Å²) in [7, 11) is 0. The molecule has 20 heavy (non-hydrogen) atoms. The van der Waals surface area contributed by atoms with Gasteiger partial charge < -0.3 is 10.4 Å². The second-order valence-electron chi connectivity index (χ2n) is 3.98. The Balaban J connectivity index is 2.15. The molecule has 104 valence electrons. The first-order chi connectivity index (χ1) is 9.56. The third-order valence-electron chi connectivity index (χ3n) is 2.52. The molecular weight excluding hydrogens is 283 g/mol. The molecule has 0 aliphatic heterocycles. The number of carbonyl (C=O) groups is 2. The number of hydrogen-bond donors (Lipinski definition) is 2. The van der Waals surface area contributed by atoms with Gasteiger partial charge in [-0.2, -0.15) is 4.39 Å². The van der Waals surface area contributed by atoms with Crippen molar-refractivity contribution in [2.75, 3.05) is 0 Å². The van der Waals surface area contributed by atoms with Crippen LogP contribution in [0.3, 0.4) is 0 Å². The molecule has 0 radical (unpaired) electrons. The highest BCUT2D eigenvalue weighted by Gasteiger charge is 2.20. The third kappa shape index (κ3) is 3.61. The van der Waals surface area contributed by atoms with E-state index in [0.29, 0.717) is 0 Å². The Hall–Kier alpha value is -2.28. The second kappa shape index (κ2) is 6.25. The quantitative estimate of drug-likeness (QED) is 0.829. The van der Waals surface area contributed by atoms with E-state index in [0.717, 1.165) is 10.9 Å². The number of thiophene rings is 1. The summed E-state index contributed by atoms with van der Waals surface area (Å²) in [5.74, 6) is -2.40. The average Bonchev–Trinajstić information content (AvgIpc) is 2.91. The highest BCUT2D eigenvalue weighted by atomic mass is 32.1. The van der Waals surface area contributed by atoms with Crippen LogP contribution in [-0.4, -0.2) is 22.0 Å². The molecule has 0 aromatic carbocycles. The van der Waals surface area contributed by atoms with Crippen molar-refractivity contribution in [2.24, 2.45) is 0 Å². The minimum atomic E-state index is -1.03. The Morgan fingerprint density at radius 2 is 2.15 bits per heavy atom. The van der Waals surface area contributed by atoms with E-state index in [2.05, 4.69) is 10.3 Å². The molecule has 2 heterocycles. The molecule has 7 heteroatoms. The summed E-state index contributed by atoms with van der Waals surface area (Å²) in [5.41, 5.74) is -0.0862. The van der Waals surface area contributed by atoms with Gasteiger partial charge in [0.25, 0.3) is 5.91 Å². The predicted molar refractivity (Wildman–Crippen MR) is 71.0 cm³/mol. The Morgan fingerprint density at radius 1 is 1.35 bits per heavy atom. The van der Waals surface area contributed by atoms with Crippen LogP contribution in [0.15, 0.2) is 35.7 Å². The van der Waals surface area contributed by atoms with Crippen LogP contribution in [0.1, 0.15) is 27.8 Å². The molecule has 1 unspecified atom stereocenters. The van der Waals surface area contributed by atoms with Crippen LogP contribution in [0, 0.1) is 5.95 Å². The fraction of sp³-hybridized carbons (Fsp3) is 0.154. The van der Waals surface area contributed by atoms with Gasteiger partial charge in [0.05, 0.1) is 12.5 Å². The van der Waals surface area contributed by atoms with Crippen molar-refractivity contribution in [2.45, 2.75) is 12.5 Å². The monoisotopic (exact) mass is 294 g/mol. The Kier molecular flexibility index (Phi) is 4.41. The molecule has 0 aliphatic rings. The Labute approximate surface area is 118 Å². The number of amides is 1. The lowest BCUT2D eigenvalue weighted by molar-refractivity contribution is -0.137. The number of carbonyl (C=O) groups excluding carboxylic acids is 1. The number of hydrogen-bond acceptors (Lipinski definition) is 4. The van der Waals surface area contributed by atoms with Gasteiger partial charge in [-0.25, -0.2) is 4.98 Å². The number of rotatable bonds is 5. The van der Waals surface area contributed by atoms with Gasteiger partial charge in [0.15, 0.2) is 0 Å². The Bertz CT molecular complexity index is 616. The lowest BCUT2D eigenvalue weighted by Gasteiger charge is -2.15. The summed E-state index contributed by atoms with van der Waals surface area (Å²) < 4.78 is 13.0. The van der Waals surface area contributed by atoms with Gasteiger partial charge in [-0.3, -0.25) is 9.59 Å². The first-order valence-electron chi connectivity index (χ1n) is 5.75. The molecule has 5 nitrogen and oxygen atoms in total. The Morgan fingerprint density at radius 3 is 2.75 bits per heavy atom. The molecule has 0 saturated heterocycles. The van der Waals surface area contributed by atoms with Crippen molar-refractivity contribution in [3.8, 4) is 0 Å².